The Morgan fingerprint density at radius 1 is 1.25 bits per heavy atom. The Morgan fingerprint density at radius 2 is 2.06 bits per heavy atom. The average molecular weight is 500 g/mol. The number of aryl methyl sites for hydroxylation is 1. The van der Waals surface area contributed by atoms with Gasteiger partial charge in [-0.3, -0.25) is 9.59 Å². The van der Waals surface area contributed by atoms with Crippen LogP contribution in [0.2, 0.25) is 0 Å². The molecule has 36 heavy (non-hydrogen) atoms. The van der Waals surface area contributed by atoms with E-state index >= 15 is 0 Å². The number of H-pyrrole nitrogens is 1. The van der Waals surface area contributed by atoms with Gasteiger partial charge in [-0.05, 0) is 43.9 Å². The van der Waals surface area contributed by atoms with E-state index < -0.39 is 23.9 Å². The number of rotatable bonds is 8. The Hall–Kier alpha value is -3.60. The van der Waals surface area contributed by atoms with Crippen molar-refractivity contribution in [2.75, 3.05) is 33.4 Å². The summed E-state index contributed by atoms with van der Waals surface area (Å²) in [6.07, 6.45) is 2.11. The minimum Gasteiger partial charge on any atom is -0.493 e. The van der Waals surface area contributed by atoms with E-state index in [0.29, 0.717) is 46.3 Å². The van der Waals surface area contributed by atoms with Gasteiger partial charge in [0.2, 0.25) is 5.91 Å². The summed E-state index contributed by atoms with van der Waals surface area (Å²) in [7, 11) is 1.39. The van der Waals surface area contributed by atoms with Crippen molar-refractivity contribution >= 4 is 22.8 Å². The Bertz CT molecular complexity index is 1310. The molecule has 190 valence electrons. The van der Waals surface area contributed by atoms with E-state index in [1.165, 1.54) is 30.5 Å². The van der Waals surface area contributed by atoms with Crippen molar-refractivity contribution in [1.82, 2.24) is 25.2 Å². The number of aromatic nitrogens is 3. The lowest BCUT2D eigenvalue weighted by Gasteiger charge is -2.16. The van der Waals surface area contributed by atoms with E-state index in [0.717, 1.165) is 12.8 Å². The maximum Gasteiger partial charge on any atom is 0.255 e. The smallest absolute Gasteiger partial charge is 0.255 e. The SMILES string of the molecule is COCC(=O)N1C[C@@H](F)[C@@H](NC(=O)c2c(C)[nH]c3c(-c4cc(F)ccc4OCC4CC4)ncnc23)C1. The number of alkyl halides is 1. The molecular formula is C25H27F2N5O4. The maximum atomic E-state index is 14.6. The third-order valence-electron chi connectivity index (χ3n) is 6.55. The van der Waals surface area contributed by atoms with Crippen molar-refractivity contribution in [3.63, 3.8) is 0 Å². The second-order valence-corrected chi connectivity index (χ2v) is 9.29. The minimum atomic E-state index is -1.41. The topological polar surface area (TPSA) is 109 Å². The van der Waals surface area contributed by atoms with Crippen molar-refractivity contribution in [3.05, 3.63) is 41.6 Å². The van der Waals surface area contributed by atoms with E-state index in [4.69, 9.17) is 9.47 Å². The molecule has 1 aromatic carbocycles. The first-order chi connectivity index (χ1) is 17.4. The molecule has 1 saturated heterocycles. The lowest BCUT2D eigenvalue weighted by atomic mass is 10.1. The van der Waals surface area contributed by atoms with Crippen LogP contribution < -0.4 is 10.1 Å². The van der Waals surface area contributed by atoms with Crippen molar-refractivity contribution in [2.45, 2.75) is 32.0 Å². The number of benzene rings is 1. The summed E-state index contributed by atoms with van der Waals surface area (Å²) in [5, 5.41) is 2.70. The fourth-order valence-corrected chi connectivity index (χ4v) is 4.47. The molecule has 3 heterocycles. The summed E-state index contributed by atoms with van der Waals surface area (Å²) >= 11 is 0. The standard InChI is InChI=1S/C25H27F2N5O4/c1-13-21(25(34)31-18-9-32(8-17(18)27)20(33)11-35-2)23-24(30-13)22(28-12-29-23)16-7-15(26)5-6-19(16)36-10-14-3-4-14/h5-7,12,14,17-18,30H,3-4,8-11H2,1-2H3,(H,31,34)/t17-,18+/m1/s1. The van der Waals surface area contributed by atoms with Gasteiger partial charge in [0.15, 0.2) is 0 Å². The molecule has 2 aromatic heterocycles. The molecule has 0 radical (unpaired) electrons. The lowest BCUT2D eigenvalue weighted by Crippen LogP contribution is -2.42. The van der Waals surface area contributed by atoms with Gasteiger partial charge in [-0.15, -0.1) is 0 Å². The number of carbonyl (C=O) groups excluding carboxylic acids is 2. The van der Waals surface area contributed by atoms with Gasteiger partial charge in [-0.1, -0.05) is 0 Å². The zero-order valence-electron chi connectivity index (χ0n) is 20.0. The Labute approximate surface area is 206 Å². The predicted molar refractivity (Wildman–Crippen MR) is 127 cm³/mol. The molecule has 2 aliphatic rings. The van der Waals surface area contributed by atoms with E-state index in [2.05, 4.69) is 20.3 Å². The molecule has 11 heteroatoms. The fourth-order valence-electron chi connectivity index (χ4n) is 4.47. The molecule has 0 unspecified atom stereocenters. The van der Waals surface area contributed by atoms with Crippen LogP contribution in [0.4, 0.5) is 8.78 Å². The molecule has 1 aliphatic carbocycles. The molecule has 5 rings (SSSR count). The molecule has 2 N–H and O–H groups in total. The number of fused-ring (bicyclic) bond motifs is 1. The van der Waals surface area contributed by atoms with E-state index in [1.807, 2.05) is 0 Å². The zero-order valence-corrected chi connectivity index (χ0v) is 20.0. The third kappa shape index (κ3) is 4.75. The number of methoxy groups -OCH3 is 1. The van der Waals surface area contributed by atoms with Gasteiger partial charge >= 0.3 is 0 Å². The third-order valence-corrected chi connectivity index (χ3v) is 6.55. The fraction of sp³-hybridized carbons (Fsp3) is 0.440. The summed E-state index contributed by atoms with van der Waals surface area (Å²) in [4.78, 5) is 38.4. The molecule has 0 spiro atoms. The number of carbonyl (C=O) groups is 2. The van der Waals surface area contributed by atoms with Crippen molar-refractivity contribution < 1.29 is 27.8 Å². The second kappa shape index (κ2) is 9.81. The van der Waals surface area contributed by atoms with E-state index in [1.54, 1.807) is 13.0 Å². The summed E-state index contributed by atoms with van der Waals surface area (Å²) in [5.41, 5.74) is 2.35. The van der Waals surface area contributed by atoms with Gasteiger partial charge < -0.3 is 24.7 Å². The largest absolute Gasteiger partial charge is 0.493 e. The monoisotopic (exact) mass is 499 g/mol. The van der Waals surface area contributed by atoms with Crippen molar-refractivity contribution in [2.24, 2.45) is 5.92 Å². The van der Waals surface area contributed by atoms with Gasteiger partial charge in [0.1, 0.15) is 41.9 Å². The van der Waals surface area contributed by atoms with Crippen LogP contribution in [0.1, 0.15) is 28.9 Å². The number of amides is 2. The number of nitrogens with one attached hydrogen (secondary N) is 2. The van der Waals surface area contributed by atoms with Crippen LogP contribution in [-0.4, -0.2) is 77.3 Å². The highest BCUT2D eigenvalue weighted by molar-refractivity contribution is 6.09. The first-order valence-electron chi connectivity index (χ1n) is 11.8. The van der Waals surface area contributed by atoms with E-state index in [-0.39, 0.29) is 31.2 Å². The Balaban J connectivity index is 1.43. The highest BCUT2D eigenvalue weighted by atomic mass is 19.1. The molecule has 1 saturated carbocycles. The van der Waals surface area contributed by atoms with Crippen LogP contribution in [0, 0.1) is 18.7 Å². The van der Waals surface area contributed by atoms with Crippen LogP contribution in [0.5, 0.6) is 5.75 Å². The quantitative estimate of drug-likeness (QED) is 0.493. The second-order valence-electron chi connectivity index (χ2n) is 9.29. The van der Waals surface area contributed by atoms with Crippen molar-refractivity contribution in [3.8, 4) is 17.0 Å². The number of ether oxygens (including phenoxy) is 2. The molecule has 9 nitrogen and oxygen atoms in total. The summed E-state index contributed by atoms with van der Waals surface area (Å²) in [6.45, 7) is 2.02. The lowest BCUT2D eigenvalue weighted by molar-refractivity contribution is -0.134. The summed E-state index contributed by atoms with van der Waals surface area (Å²) < 4.78 is 39.6. The Morgan fingerprint density at radius 3 is 2.81 bits per heavy atom. The van der Waals surface area contributed by atoms with Gasteiger partial charge in [-0.2, -0.15) is 0 Å². The number of likely N-dealkylation sites (tertiary alicyclic amines) is 1. The number of hydrogen-bond acceptors (Lipinski definition) is 6. The normalized spacial score (nSPS) is 19.6. The maximum absolute atomic E-state index is 14.6. The van der Waals surface area contributed by atoms with Crippen molar-refractivity contribution in [1.29, 1.82) is 0 Å². The number of halogens is 2. The minimum absolute atomic E-state index is 0.0434. The molecular weight excluding hydrogens is 472 g/mol. The van der Waals surface area contributed by atoms with Gasteiger partial charge in [0.05, 0.1) is 30.3 Å². The highest BCUT2D eigenvalue weighted by Crippen LogP contribution is 2.36. The molecule has 2 fully saturated rings. The van der Waals surface area contributed by atoms with Gasteiger partial charge in [0.25, 0.3) is 5.91 Å². The molecule has 2 atom stereocenters. The van der Waals surface area contributed by atoms with Crippen LogP contribution in [0.25, 0.3) is 22.3 Å². The number of hydrogen-bond donors (Lipinski definition) is 2. The van der Waals surface area contributed by atoms with Crippen LogP contribution in [-0.2, 0) is 9.53 Å². The molecule has 1 aliphatic heterocycles. The predicted octanol–water partition coefficient (Wildman–Crippen LogP) is 2.79. The average Bonchev–Trinajstić information content (AvgIpc) is 3.51. The molecule has 3 aromatic rings. The summed E-state index contributed by atoms with van der Waals surface area (Å²) in [5.74, 6) is -0.311. The van der Waals surface area contributed by atoms with Gasteiger partial charge in [-0.25, -0.2) is 18.7 Å². The number of aromatic amines is 1. The zero-order chi connectivity index (χ0) is 25.4. The summed E-state index contributed by atoms with van der Waals surface area (Å²) in [6, 6.07) is 3.38. The van der Waals surface area contributed by atoms with Crippen LogP contribution >= 0.6 is 0 Å². The molecule has 2 amide bonds. The first kappa shape index (κ1) is 24.1. The van der Waals surface area contributed by atoms with E-state index in [9.17, 15) is 18.4 Å². The molecule has 0 bridgehead atoms. The number of nitrogens with zero attached hydrogens (tertiary/aromatic N) is 3. The van der Waals surface area contributed by atoms with Crippen LogP contribution in [0.3, 0.4) is 0 Å². The van der Waals surface area contributed by atoms with Crippen LogP contribution in [0.15, 0.2) is 24.5 Å². The van der Waals surface area contributed by atoms with Gasteiger partial charge in [0, 0.05) is 24.9 Å². The first-order valence-corrected chi connectivity index (χ1v) is 11.8. The highest BCUT2D eigenvalue weighted by Gasteiger charge is 2.37. The Kier molecular flexibility index (Phi) is 6.57.